The third-order valence-electron chi connectivity index (χ3n) is 3.43. The molecule has 0 bridgehead atoms. The van der Waals surface area contributed by atoms with E-state index in [1.54, 1.807) is 6.20 Å². The summed E-state index contributed by atoms with van der Waals surface area (Å²) in [7, 11) is -4.68. The number of hydrogen-bond donors (Lipinski definition) is 1. The van der Waals surface area contributed by atoms with Gasteiger partial charge >= 0.3 is 10.2 Å². The largest absolute Gasteiger partial charge is 0.380 e. The third-order valence-corrected chi connectivity index (χ3v) is 4.26. The number of halogens is 1. The van der Waals surface area contributed by atoms with Crippen LogP contribution in [0.4, 0.5) is 3.89 Å². The number of nitrogens with zero attached hydrogens (tertiary/aromatic N) is 3. The average Bonchev–Trinajstić information content (AvgIpc) is 3.16. The van der Waals surface area contributed by atoms with Crippen molar-refractivity contribution in [2.75, 3.05) is 13.2 Å². The van der Waals surface area contributed by atoms with Crippen LogP contribution in [0.3, 0.4) is 0 Å². The molecule has 1 aliphatic rings. The highest BCUT2D eigenvalue weighted by Crippen LogP contribution is 2.15. The molecular weight excluding hydrogens is 311 g/mol. The Morgan fingerprint density at radius 1 is 1.36 bits per heavy atom. The summed E-state index contributed by atoms with van der Waals surface area (Å²) in [5, 5.41) is 11.3. The van der Waals surface area contributed by atoms with E-state index in [2.05, 4.69) is 15.6 Å². The predicted molar refractivity (Wildman–Crippen MR) is 75.7 cm³/mol. The molecule has 0 spiro atoms. The van der Waals surface area contributed by atoms with Crippen LogP contribution >= 0.6 is 0 Å². The quantitative estimate of drug-likeness (QED) is 0.818. The topological polar surface area (TPSA) is 86.1 Å². The van der Waals surface area contributed by atoms with Gasteiger partial charge in [0, 0.05) is 19.2 Å². The van der Waals surface area contributed by atoms with Crippen LogP contribution in [0, 0.1) is 0 Å². The number of rotatable bonds is 5. The Morgan fingerprint density at radius 2 is 2.14 bits per heavy atom. The van der Waals surface area contributed by atoms with Crippen molar-refractivity contribution in [1.82, 2.24) is 20.3 Å². The van der Waals surface area contributed by atoms with E-state index in [9.17, 15) is 12.3 Å². The molecule has 2 heterocycles. The van der Waals surface area contributed by atoms with Crippen molar-refractivity contribution < 1.29 is 17.0 Å². The van der Waals surface area contributed by atoms with Crippen LogP contribution in [0.1, 0.15) is 12.1 Å². The summed E-state index contributed by atoms with van der Waals surface area (Å²) in [4.78, 5) is -0.375. The molecule has 22 heavy (non-hydrogen) atoms. The molecule has 0 amide bonds. The van der Waals surface area contributed by atoms with Gasteiger partial charge in [-0.3, -0.25) is 0 Å². The van der Waals surface area contributed by atoms with E-state index in [-0.39, 0.29) is 4.90 Å². The lowest BCUT2D eigenvalue weighted by Crippen LogP contribution is -2.28. The minimum Gasteiger partial charge on any atom is -0.380 e. The second-order valence-electron chi connectivity index (χ2n) is 5.03. The van der Waals surface area contributed by atoms with Crippen LogP contribution in [0.15, 0.2) is 35.4 Å². The molecule has 1 aliphatic heterocycles. The Balaban J connectivity index is 1.67. The summed E-state index contributed by atoms with van der Waals surface area (Å²) < 4.78 is 41.2. The zero-order chi connectivity index (χ0) is 15.6. The maximum absolute atomic E-state index is 12.8. The first-order valence-corrected chi connectivity index (χ1v) is 8.18. The van der Waals surface area contributed by atoms with Gasteiger partial charge in [-0.2, -0.15) is 8.42 Å². The van der Waals surface area contributed by atoms with Crippen molar-refractivity contribution in [3.63, 3.8) is 0 Å². The van der Waals surface area contributed by atoms with Crippen LogP contribution in [0.2, 0.25) is 0 Å². The fourth-order valence-corrected chi connectivity index (χ4v) is 2.67. The Morgan fingerprint density at radius 3 is 2.77 bits per heavy atom. The van der Waals surface area contributed by atoms with Crippen molar-refractivity contribution in [3.8, 4) is 5.69 Å². The molecule has 7 nitrogen and oxygen atoms in total. The van der Waals surface area contributed by atoms with Crippen LogP contribution < -0.4 is 5.32 Å². The first-order chi connectivity index (χ1) is 10.5. The first-order valence-electron chi connectivity index (χ1n) is 6.80. The highest BCUT2D eigenvalue weighted by Gasteiger charge is 2.15. The van der Waals surface area contributed by atoms with Crippen LogP contribution in [-0.2, 0) is 21.5 Å². The molecular formula is C13H15FN4O3S. The molecule has 0 aliphatic carbocycles. The van der Waals surface area contributed by atoms with Crippen molar-refractivity contribution >= 4 is 10.2 Å². The summed E-state index contributed by atoms with van der Waals surface area (Å²) in [5.41, 5.74) is 1.37. The maximum Gasteiger partial charge on any atom is 0.332 e. The highest BCUT2D eigenvalue weighted by atomic mass is 32.3. The Hall–Kier alpha value is -1.84. The van der Waals surface area contributed by atoms with Gasteiger partial charge in [0.25, 0.3) is 0 Å². The summed E-state index contributed by atoms with van der Waals surface area (Å²) in [5.74, 6) is 0. The molecule has 118 valence electrons. The summed E-state index contributed by atoms with van der Waals surface area (Å²) in [6.45, 7) is 2.05. The minimum absolute atomic E-state index is 0.333. The fraction of sp³-hybridized carbons (Fsp3) is 0.385. The average molecular weight is 326 g/mol. The number of hydrogen-bond acceptors (Lipinski definition) is 6. The molecule has 1 unspecified atom stereocenters. The third kappa shape index (κ3) is 3.49. The number of nitrogens with one attached hydrogen (secondary N) is 1. The molecule has 1 atom stereocenters. The minimum atomic E-state index is -4.68. The van der Waals surface area contributed by atoms with Gasteiger partial charge < -0.3 is 10.1 Å². The zero-order valence-corrected chi connectivity index (χ0v) is 12.5. The van der Waals surface area contributed by atoms with Gasteiger partial charge in [0.2, 0.25) is 0 Å². The second kappa shape index (κ2) is 6.11. The number of aromatic nitrogens is 3. The summed E-state index contributed by atoms with van der Waals surface area (Å²) in [6, 6.07) is 5.67. The predicted octanol–water partition coefficient (Wildman–Crippen LogP) is 0.804. The van der Waals surface area contributed by atoms with Crippen molar-refractivity contribution in [3.05, 3.63) is 36.2 Å². The van der Waals surface area contributed by atoms with Crippen molar-refractivity contribution in [2.45, 2.75) is 23.9 Å². The first kappa shape index (κ1) is 15.1. The monoisotopic (exact) mass is 326 g/mol. The van der Waals surface area contributed by atoms with E-state index in [4.69, 9.17) is 4.74 Å². The SMILES string of the molecule is O=S(=O)(F)c1ccc(-n2cc(CNC3CCOC3)nn2)cc1. The van der Waals surface area contributed by atoms with E-state index < -0.39 is 10.2 Å². The fourth-order valence-electron chi connectivity index (χ4n) is 2.21. The van der Waals surface area contributed by atoms with Gasteiger partial charge in [-0.05, 0) is 30.7 Å². The lowest BCUT2D eigenvalue weighted by atomic mass is 10.2. The highest BCUT2D eigenvalue weighted by molar-refractivity contribution is 7.86. The Bertz CT molecular complexity index is 739. The Labute approximate surface area is 127 Å². The second-order valence-corrected chi connectivity index (χ2v) is 6.37. The standard InChI is InChI=1S/C13H15FN4O3S/c14-22(19,20)13-3-1-12(2-4-13)18-8-11(16-17-18)7-15-10-5-6-21-9-10/h1-4,8,10,15H,5-7,9H2. The van der Waals surface area contributed by atoms with Crippen LogP contribution in [0.5, 0.6) is 0 Å². The smallest absolute Gasteiger partial charge is 0.332 e. The molecule has 2 aromatic rings. The van der Waals surface area contributed by atoms with Gasteiger partial charge in [-0.15, -0.1) is 8.98 Å². The molecule has 1 aromatic carbocycles. The normalized spacial score (nSPS) is 18.7. The molecule has 1 fully saturated rings. The maximum atomic E-state index is 12.8. The molecule has 9 heteroatoms. The molecule has 0 radical (unpaired) electrons. The van der Waals surface area contributed by atoms with Crippen molar-refractivity contribution in [2.24, 2.45) is 0 Å². The van der Waals surface area contributed by atoms with Gasteiger partial charge in [-0.1, -0.05) is 5.21 Å². The summed E-state index contributed by atoms with van der Waals surface area (Å²) in [6.07, 6.45) is 2.72. The van der Waals surface area contributed by atoms with E-state index in [0.29, 0.717) is 24.9 Å². The molecule has 1 aromatic heterocycles. The van der Waals surface area contributed by atoms with E-state index in [1.165, 1.54) is 28.9 Å². The number of benzene rings is 1. The Kier molecular flexibility index (Phi) is 4.19. The van der Waals surface area contributed by atoms with Gasteiger partial charge in [0.1, 0.15) is 0 Å². The van der Waals surface area contributed by atoms with E-state index in [0.717, 1.165) is 18.7 Å². The molecule has 1 N–H and O–H groups in total. The lowest BCUT2D eigenvalue weighted by Gasteiger charge is -2.07. The summed E-state index contributed by atoms with van der Waals surface area (Å²) >= 11 is 0. The molecule has 1 saturated heterocycles. The van der Waals surface area contributed by atoms with E-state index in [1.807, 2.05) is 0 Å². The van der Waals surface area contributed by atoms with Gasteiger partial charge in [0.15, 0.2) is 0 Å². The van der Waals surface area contributed by atoms with Crippen LogP contribution in [0.25, 0.3) is 5.69 Å². The van der Waals surface area contributed by atoms with Crippen molar-refractivity contribution in [1.29, 1.82) is 0 Å². The molecule has 3 rings (SSSR count). The lowest BCUT2D eigenvalue weighted by molar-refractivity contribution is 0.189. The number of ether oxygens (including phenoxy) is 1. The van der Waals surface area contributed by atoms with Crippen LogP contribution in [-0.4, -0.2) is 42.7 Å². The van der Waals surface area contributed by atoms with E-state index >= 15 is 0 Å². The molecule has 0 saturated carbocycles. The van der Waals surface area contributed by atoms with Gasteiger partial charge in [0.05, 0.1) is 29.1 Å². The zero-order valence-electron chi connectivity index (χ0n) is 11.6. The van der Waals surface area contributed by atoms with Gasteiger partial charge in [-0.25, -0.2) is 4.68 Å².